The van der Waals surface area contributed by atoms with E-state index in [4.69, 9.17) is 0 Å². The maximum absolute atomic E-state index is 10.2. The van der Waals surface area contributed by atoms with E-state index in [-0.39, 0.29) is 16.9 Å². The first-order valence-corrected chi connectivity index (χ1v) is 5.25. The summed E-state index contributed by atoms with van der Waals surface area (Å²) in [4.78, 5) is 0. The fraction of sp³-hybridized carbons (Fsp3) is 1.00. The van der Waals surface area contributed by atoms with Crippen molar-refractivity contribution in [3.8, 4) is 0 Å². The fourth-order valence-corrected chi connectivity index (χ4v) is 3.78. The van der Waals surface area contributed by atoms with Gasteiger partial charge in [-0.1, -0.05) is 41.5 Å². The Morgan fingerprint density at radius 2 is 1.15 bits per heavy atom. The first-order chi connectivity index (χ1) is 5.57. The van der Waals surface area contributed by atoms with Crippen molar-refractivity contribution in [2.75, 3.05) is 0 Å². The summed E-state index contributed by atoms with van der Waals surface area (Å²) in [6, 6.07) is 0. The molecule has 0 heterocycles. The summed E-state index contributed by atoms with van der Waals surface area (Å²) >= 11 is 0. The Balaban J connectivity index is 2.96. The molecule has 0 spiro atoms. The minimum Gasteiger partial charge on any atom is -0.392 e. The van der Waals surface area contributed by atoms with Crippen LogP contribution in [-0.2, 0) is 0 Å². The van der Waals surface area contributed by atoms with Crippen molar-refractivity contribution in [3.05, 3.63) is 0 Å². The van der Waals surface area contributed by atoms with Crippen LogP contribution in [0.5, 0.6) is 0 Å². The van der Waals surface area contributed by atoms with Crippen LogP contribution in [0.1, 0.15) is 54.4 Å². The van der Waals surface area contributed by atoms with E-state index in [1.807, 2.05) is 0 Å². The van der Waals surface area contributed by atoms with Gasteiger partial charge in [0.15, 0.2) is 0 Å². The van der Waals surface area contributed by atoms with Gasteiger partial charge in [0.1, 0.15) is 0 Å². The summed E-state index contributed by atoms with van der Waals surface area (Å²) < 4.78 is 0. The van der Waals surface area contributed by atoms with Gasteiger partial charge in [0.05, 0.1) is 6.10 Å². The van der Waals surface area contributed by atoms with Crippen LogP contribution in [0.15, 0.2) is 0 Å². The Morgan fingerprint density at radius 3 is 1.46 bits per heavy atom. The van der Waals surface area contributed by atoms with Crippen molar-refractivity contribution in [3.63, 3.8) is 0 Å². The van der Waals surface area contributed by atoms with Crippen molar-refractivity contribution in [1.82, 2.24) is 0 Å². The smallest absolute Gasteiger partial charge is 0.0642 e. The fourth-order valence-electron chi connectivity index (χ4n) is 3.78. The molecule has 1 fully saturated rings. The van der Waals surface area contributed by atoms with Gasteiger partial charge in [-0.2, -0.15) is 0 Å². The van der Waals surface area contributed by atoms with Crippen molar-refractivity contribution in [2.45, 2.75) is 60.5 Å². The van der Waals surface area contributed by atoms with Gasteiger partial charge in [0.2, 0.25) is 0 Å². The third kappa shape index (κ3) is 2.07. The summed E-state index contributed by atoms with van der Waals surface area (Å²) in [5, 5.41) is 10.2. The molecule has 78 valence electrons. The minimum absolute atomic E-state index is 0.0608. The second-order valence-corrected chi connectivity index (χ2v) is 6.90. The number of aliphatic hydroxyl groups is 1. The van der Waals surface area contributed by atoms with E-state index in [1.54, 1.807) is 0 Å². The number of aliphatic hydroxyl groups excluding tert-OH is 1. The molecule has 0 bridgehead atoms. The summed E-state index contributed by atoms with van der Waals surface area (Å²) in [5.74, 6) is 0. The zero-order valence-electron chi connectivity index (χ0n) is 9.94. The third-order valence-corrected chi connectivity index (χ3v) is 3.35. The largest absolute Gasteiger partial charge is 0.392 e. The molecule has 0 radical (unpaired) electrons. The SMILES string of the molecule is CC1(C)CC(C)(C)C(O)C(C)(C)C1. The topological polar surface area (TPSA) is 20.2 Å². The van der Waals surface area contributed by atoms with Crippen LogP contribution in [0.25, 0.3) is 0 Å². The van der Waals surface area contributed by atoms with Crippen LogP contribution < -0.4 is 0 Å². The predicted octanol–water partition coefficient (Wildman–Crippen LogP) is 3.22. The van der Waals surface area contributed by atoms with E-state index in [2.05, 4.69) is 41.5 Å². The molecular weight excluding hydrogens is 160 g/mol. The lowest BCUT2D eigenvalue weighted by molar-refractivity contribution is -0.116. The van der Waals surface area contributed by atoms with Gasteiger partial charge in [-0.15, -0.1) is 0 Å². The maximum atomic E-state index is 10.2. The van der Waals surface area contributed by atoms with E-state index in [0.717, 1.165) is 12.8 Å². The lowest BCUT2D eigenvalue weighted by Gasteiger charge is -2.53. The summed E-state index contributed by atoms with van der Waals surface area (Å²) in [7, 11) is 0. The van der Waals surface area contributed by atoms with Crippen LogP contribution in [0.2, 0.25) is 0 Å². The van der Waals surface area contributed by atoms with Gasteiger partial charge in [0.25, 0.3) is 0 Å². The van der Waals surface area contributed by atoms with Gasteiger partial charge in [-0.3, -0.25) is 0 Å². The molecule has 13 heavy (non-hydrogen) atoms. The Bertz CT molecular complexity index is 181. The average molecular weight is 184 g/mol. The van der Waals surface area contributed by atoms with Crippen LogP contribution in [0, 0.1) is 16.2 Å². The molecule has 0 amide bonds. The molecule has 0 aliphatic heterocycles. The summed E-state index contributed by atoms with van der Waals surface area (Å²) in [5.41, 5.74) is 0.489. The van der Waals surface area contributed by atoms with E-state index in [0.29, 0.717) is 5.41 Å². The molecule has 0 saturated heterocycles. The van der Waals surface area contributed by atoms with Crippen LogP contribution in [-0.4, -0.2) is 11.2 Å². The third-order valence-electron chi connectivity index (χ3n) is 3.35. The molecule has 0 aromatic rings. The van der Waals surface area contributed by atoms with Gasteiger partial charge in [-0.05, 0) is 29.1 Å². The van der Waals surface area contributed by atoms with Gasteiger partial charge >= 0.3 is 0 Å². The van der Waals surface area contributed by atoms with Crippen molar-refractivity contribution < 1.29 is 5.11 Å². The maximum Gasteiger partial charge on any atom is 0.0642 e. The van der Waals surface area contributed by atoms with E-state index < -0.39 is 0 Å². The van der Waals surface area contributed by atoms with Crippen molar-refractivity contribution >= 4 is 0 Å². The normalized spacial score (nSPS) is 31.6. The Morgan fingerprint density at radius 1 is 0.846 bits per heavy atom. The zero-order valence-corrected chi connectivity index (χ0v) is 9.94. The molecule has 1 aliphatic carbocycles. The second-order valence-electron chi connectivity index (χ2n) is 6.90. The van der Waals surface area contributed by atoms with Crippen LogP contribution >= 0.6 is 0 Å². The minimum atomic E-state index is -0.173. The Kier molecular flexibility index (Phi) is 2.31. The quantitative estimate of drug-likeness (QED) is 0.613. The lowest BCUT2D eigenvalue weighted by Crippen LogP contribution is -2.50. The Hall–Kier alpha value is -0.0400. The van der Waals surface area contributed by atoms with Gasteiger partial charge in [-0.25, -0.2) is 0 Å². The van der Waals surface area contributed by atoms with Gasteiger partial charge < -0.3 is 5.11 Å². The first-order valence-electron chi connectivity index (χ1n) is 5.25. The number of rotatable bonds is 0. The molecule has 0 aromatic heterocycles. The predicted molar refractivity (Wildman–Crippen MR) is 56.6 cm³/mol. The van der Waals surface area contributed by atoms with Gasteiger partial charge in [0, 0.05) is 0 Å². The number of hydrogen-bond acceptors (Lipinski definition) is 1. The average Bonchev–Trinajstić information content (AvgIpc) is 1.77. The molecule has 1 aliphatic rings. The monoisotopic (exact) mass is 184 g/mol. The van der Waals surface area contributed by atoms with Crippen molar-refractivity contribution in [2.24, 2.45) is 16.2 Å². The standard InChI is InChI=1S/C12H24O/c1-10(2)7-11(3,4)9(13)12(5,6)8-10/h9,13H,7-8H2,1-6H3. The van der Waals surface area contributed by atoms with Crippen LogP contribution in [0.3, 0.4) is 0 Å². The molecular formula is C12H24O. The zero-order chi connectivity index (χ0) is 10.5. The summed E-state index contributed by atoms with van der Waals surface area (Å²) in [6.45, 7) is 13.3. The molecule has 0 aromatic carbocycles. The molecule has 1 saturated carbocycles. The molecule has 1 N–H and O–H groups in total. The highest BCUT2D eigenvalue weighted by molar-refractivity contribution is 4.99. The highest BCUT2D eigenvalue weighted by atomic mass is 16.3. The molecule has 1 heteroatoms. The first kappa shape index (κ1) is 11.0. The van der Waals surface area contributed by atoms with E-state index >= 15 is 0 Å². The highest BCUT2D eigenvalue weighted by Gasteiger charge is 2.49. The number of hydrogen-bond donors (Lipinski definition) is 1. The second kappa shape index (κ2) is 2.73. The molecule has 1 nitrogen and oxygen atoms in total. The van der Waals surface area contributed by atoms with Crippen molar-refractivity contribution in [1.29, 1.82) is 0 Å². The van der Waals surface area contributed by atoms with Crippen LogP contribution in [0.4, 0.5) is 0 Å². The summed E-state index contributed by atoms with van der Waals surface area (Å²) in [6.07, 6.45) is 2.06. The van der Waals surface area contributed by atoms with E-state index in [1.165, 1.54) is 0 Å². The molecule has 0 atom stereocenters. The highest BCUT2D eigenvalue weighted by Crippen LogP contribution is 2.53. The molecule has 1 rings (SSSR count). The van der Waals surface area contributed by atoms with E-state index in [9.17, 15) is 5.11 Å². The Labute approximate surface area is 82.5 Å². The molecule has 0 unspecified atom stereocenters. The lowest BCUT2D eigenvalue weighted by atomic mass is 9.55.